The quantitative estimate of drug-likeness (QED) is 0.597. The van der Waals surface area contributed by atoms with Crippen LogP contribution in [0, 0.1) is 0 Å². The van der Waals surface area contributed by atoms with Gasteiger partial charge in [-0.15, -0.1) is 0 Å². The van der Waals surface area contributed by atoms with Gasteiger partial charge in [0, 0.05) is 39.7 Å². The summed E-state index contributed by atoms with van der Waals surface area (Å²) in [5, 5.41) is 5.84. The third-order valence-corrected chi connectivity index (χ3v) is 3.22. The van der Waals surface area contributed by atoms with E-state index in [1.54, 1.807) is 7.11 Å². The second-order valence-corrected chi connectivity index (χ2v) is 4.80. The monoisotopic (exact) mass is 271 g/mol. The van der Waals surface area contributed by atoms with Crippen LogP contribution in [0.1, 0.15) is 26.2 Å². The average molecular weight is 271 g/mol. The van der Waals surface area contributed by atoms with E-state index in [1.165, 1.54) is 0 Å². The van der Waals surface area contributed by atoms with Crippen LogP contribution in [-0.4, -0.2) is 62.7 Å². The van der Waals surface area contributed by atoms with Crippen LogP contribution in [-0.2, 0) is 14.3 Å². The Hall–Kier alpha value is -1.14. The maximum absolute atomic E-state index is 12.0. The van der Waals surface area contributed by atoms with Crippen molar-refractivity contribution < 1.29 is 14.3 Å². The number of hydrogen-bond acceptors (Lipinski definition) is 4. The fraction of sp³-hybridized carbons (Fsp3) is 0.846. The summed E-state index contributed by atoms with van der Waals surface area (Å²) in [5.41, 5.74) is 0. The summed E-state index contributed by atoms with van der Waals surface area (Å²) in [6.45, 7) is 5.13. The Kier molecular flexibility index (Phi) is 7.43. The number of methoxy groups -OCH3 is 1. The number of rotatable bonds is 8. The molecule has 110 valence electrons. The molecular formula is C13H25N3O3. The van der Waals surface area contributed by atoms with E-state index in [1.807, 2.05) is 11.8 Å². The van der Waals surface area contributed by atoms with E-state index < -0.39 is 0 Å². The van der Waals surface area contributed by atoms with Crippen molar-refractivity contribution in [2.24, 2.45) is 0 Å². The summed E-state index contributed by atoms with van der Waals surface area (Å²) in [5.74, 6) is 0.114. The van der Waals surface area contributed by atoms with Crippen LogP contribution in [0.4, 0.5) is 0 Å². The largest absolute Gasteiger partial charge is 0.383 e. The lowest BCUT2D eigenvalue weighted by Crippen LogP contribution is -2.44. The number of carbonyl (C=O) groups excluding carboxylic acids is 2. The van der Waals surface area contributed by atoms with Crippen LogP contribution < -0.4 is 10.6 Å². The SMILES string of the molecule is COCCNC(=O)CCNC(C)C(=O)N1CCCC1. The van der Waals surface area contributed by atoms with Crippen LogP contribution in [0.25, 0.3) is 0 Å². The first-order valence-corrected chi connectivity index (χ1v) is 6.93. The molecule has 2 N–H and O–H groups in total. The molecule has 0 saturated carbocycles. The molecule has 1 aliphatic heterocycles. The van der Waals surface area contributed by atoms with Crippen LogP contribution in [0.15, 0.2) is 0 Å². The van der Waals surface area contributed by atoms with Crippen LogP contribution in [0.3, 0.4) is 0 Å². The van der Waals surface area contributed by atoms with Gasteiger partial charge in [0.05, 0.1) is 12.6 Å². The first-order valence-electron chi connectivity index (χ1n) is 6.93. The van der Waals surface area contributed by atoms with Gasteiger partial charge in [-0.25, -0.2) is 0 Å². The summed E-state index contributed by atoms with van der Waals surface area (Å²) < 4.78 is 4.84. The highest BCUT2D eigenvalue weighted by atomic mass is 16.5. The molecule has 0 aromatic rings. The molecule has 1 atom stereocenters. The van der Waals surface area contributed by atoms with Gasteiger partial charge in [-0.2, -0.15) is 0 Å². The van der Waals surface area contributed by atoms with E-state index >= 15 is 0 Å². The van der Waals surface area contributed by atoms with E-state index in [0.29, 0.717) is 26.1 Å². The highest BCUT2D eigenvalue weighted by Crippen LogP contribution is 2.08. The maximum atomic E-state index is 12.0. The minimum atomic E-state index is -0.218. The maximum Gasteiger partial charge on any atom is 0.239 e. The van der Waals surface area contributed by atoms with Gasteiger partial charge in [-0.3, -0.25) is 9.59 Å². The molecule has 1 rings (SSSR count). The molecular weight excluding hydrogens is 246 g/mol. The van der Waals surface area contributed by atoms with Crippen molar-refractivity contribution >= 4 is 11.8 Å². The number of hydrogen-bond donors (Lipinski definition) is 2. The highest BCUT2D eigenvalue weighted by molar-refractivity contribution is 5.82. The van der Waals surface area contributed by atoms with Crippen LogP contribution in [0.5, 0.6) is 0 Å². The second-order valence-electron chi connectivity index (χ2n) is 4.80. The van der Waals surface area contributed by atoms with Crippen LogP contribution in [0.2, 0.25) is 0 Å². The van der Waals surface area contributed by atoms with Gasteiger partial charge in [0.2, 0.25) is 11.8 Å². The molecule has 1 aliphatic rings. The highest BCUT2D eigenvalue weighted by Gasteiger charge is 2.22. The average Bonchev–Trinajstić information content (AvgIpc) is 2.92. The number of ether oxygens (including phenoxy) is 1. The standard InChI is InChI=1S/C13H25N3O3/c1-11(13(18)16-8-3-4-9-16)14-6-5-12(17)15-7-10-19-2/h11,14H,3-10H2,1-2H3,(H,15,17). The van der Waals surface area contributed by atoms with Gasteiger partial charge in [-0.1, -0.05) is 0 Å². The van der Waals surface area contributed by atoms with E-state index in [4.69, 9.17) is 4.74 Å². The predicted molar refractivity (Wildman–Crippen MR) is 72.8 cm³/mol. The van der Waals surface area contributed by atoms with Gasteiger partial charge >= 0.3 is 0 Å². The lowest BCUT2D eigenvalue weighted by atomic mass is 10.2. The molecule has 1 heterocycles. The Balaban J connectivity index is 2.10. The van der Waals surface area contributed by atoms with E-state index in [0.717, 1.165) is 25.9 Å². The number of carbonyl (C=O) groups is 2. The summed E-state index contributed by atoms with van der Waals surface area (Å²) in [6, 6.07) is -0.218. The molecule has 0 bridgehead atoms. The molecule has 1 fully saturated rings. The zero-order valence-corrected chi connectivity index (χ0v) is 11.9. The number of nitrogens with one attached hydrogen (secondary N) is 2. The van der Waals surface area contributed by atoms with E-state index in [2.05, 4.69) is 10.6 Å². The Morgan fingerprint density at radius 1 is 1.26 bits per heavy atom. The van der Waals surface area contributed by atoms with Crippen molar-refractivity contribution in [2.45, 2.75) is 32.2 Å². The molecule has 0 aromatic carbocycles. The lowest BCUT2D eigenvalue weighted by Gasteiger charge is -2.21. The molecule has 6 heteroatoms. The predicted octanol–water partition coefficient (Wildman–Crippen LogP) is -0.260. The second kappa shape index (κ2) is 8.87. The number of likely N-dealkylation sites (tertiary alicyclic amines) is 1. The third kappa shape index (κ3) is 6.02. The minimum absolute atomic E-state index is 0.0228. The molecule has 1 unspecified atom stereocenters. The Morgan fingerprint density at radius 3 is 2.58 bits per heavy atom. The van der Waals surface area contributed by atoms with Crippen molar-refractivity contribution in [1.29, 1.82) is 0 Å². The van der Waals surface area contributed by atoms with Gasteiger partial charge in [-0.05, 0) is 19.8 Å². The van der Waals surface area contributed by atoms with Gasteiger partial charge in [0.15, 0.2) is 0 Å². The van der Waals surface area contributed by atoms with Crippen molar-refractivity contribution in [3.63, 3.8) is 0 Å². The first-order chi connectivity index (χ1) is 9.15. The fourth-order valence-electron chi connectivity index (χ4n) is 2.08. The molecule has 2 amide bonds. The Morgan fingerprint density at radius 2 is 1.95 bits per heavy atom. The topological polar surface area (TPSA) is 70.7 Å². The molecule has 0 spiro atoms. The van der Waals surface area contributed by atoms with Crippen molar-refractivity contribution in [2.75, 3.05) is 39.9 Å². The zero-order chi connectivity index (χ0) is 14.1. The van der Waals surface area contributed by atoms with Crippen molar-refractivity contribution in [3.8, 4) is 0 Å². The first kappa shape index (κ1) is 15.9. The molecule has 0 aromatic heterocycles. The molecule has 19 heavy (non-hydrogen) atoms. The van der Waals surface area contributed by atoms with E-state index in [-0.39, 0.29) is 17.9 Å². The van der Waals surface area contributed by atoms with E-state index in [9.17, 15) is 9.59 Å². The fourth-order valence-corrected chi connectivity index (χ4v) is 2.08. The lowest BCUT2D eigenvalue weighted by molar-refractivity contribution is -0.132. The number of nitrogens with zero attached hydrogens (tertiary/aromatic N) is 1. The molecule has 0 aliphatic carbocycles. The smallest absolute Gasteiger partial charge is 0.239 e. The molecule has 0 radical (unpaired) electrons. The Labute approximate surface area is 114 Å². The molecule has 6 nitrogen and oxygen atoms in total. The van der Waals surface area contributed by atoms with Crippen molar-refractivity contribution in [1.82, 2.24) is 15.5 Å². The Bertz CT molecular complexity index is 291. The molecule has 1 saturated heterocycles. The van der Waals surface area contributed by atoms with Crippen molar-refractivity contribution in [3.05, 3.63) is 0 Å². The minimum Gasteiger partial charge on any atom is -0.383 e. The normalized spacial score (nSPS) is 16.4. The summed E-state index contributed by atoms with van der Waals surface area (Å²) in [4.78, 5) is 25.3. The van der Waals surface area contributed by atoms with Gasteiger partial charge in [0.25, 0.3) is 0 Å². The van der Waals surface area contributed by atoms with Crippen LogP contribution >= 0.6 is 0 Å². The third-order valence-electron chi connectivity index (χ3n) is 3.22. The summed E-state index contributed by atoms with van der Waals surface area (Å²) >= 11 is 0. The zero-order valence-electron chi connectivity index (χ0n) is 11.9. The summed E-state index contributed by atoms with van der Waals surface area (Å²) in [6.07, 6.45) is 2.57. The summed E-state index contributed by atoms with van der Waals surface area (Å²) in [7, 11) is 1.60. The van der Waals surface area contributed by atoms with Gasteiger partial charge < -0.3 is 20.3 Å². The number of amides is 2. The van der Waals surface area contributed by atoms with Gasteiger partial charge in [0.1, 0.15) is 0 Å².